The fourth-order valence-corrected chi connectivity index (χ4v) is 2.12. The zero-order chi connectivity index (χ0) is 17.4. The van der Waals surface area contributed by atoms with Gasteiger partial charge in [0.1, 0.15) is 5.75 Å². The summed E-state index contributed by atoms with van der Waals surface area (Å²) in [5, 5.41) is -0.543. The molecule has 0 aliphatic heterocycles. The Hall–Kier alpha value is -2.28. The Balaban J connectivity index is 2.42. The third-order valence-electron chi connectivity index (χ3n) is 3.02. The average Bonchev–Trinajstić information content (AvgIpc) is 2.43. The Morgan fingerprint density at radius 1 is 1.22 bits per heavy atom. The second kappa shape index (κ2) is 6.08. The van der Waals surface area contributed by atoms with E-state index in [1.165, 1.54) is 18.2 Å². The third-order valence-corrected chi connectivity index (χ3v) is 3.30. The molecular formula is C15H10ClF4NO2. The lowest BCUT2D eigenvalue weighted by Crippen LogP contribution is -2.12. The minimum absolute atomic E-state index is 0.0185. The van der Waals surface area contributed by atoms with Gasteiger partial charge in [0.05, 0.1) is 10.6 Å². The molecule has 0 unspecified atom stereocenters. The summed E-state index contributed by atoms with van der Waals surface area (Å²) in [7, 11) is 0. The summed E-state index contributed by atoms with van der Waals surface area (Å²) in [5.74, 6) is -2.54. The van der Waals surface area contributed by atoms with Crippen LogP contribution < -0.4 is 10.5 Å². The smallest absolute Gasteiger partial charge is 0.416 e. The normalized spacial score (nSPS) is 11.4. The fourth-order valence-electron chi connectivity index (χ4n) is 1.87. The molecule has 0 radical (unpaired) electrons. The highest BCUT2D eigenvalue weighted by atomic mass is 35.5. The Labute approximate surface area is 133 Å². The van der Waals surface area contributed by atoms with E-state index in [4.69, 9.17) is 22.1 Å². The van der Waals surface area contributed by atoms with Gasteiger partial charge in [-0.05, 0) is 36.8 Å². The van der Waals surface area contributed by atoms with Gasteiger partial charge in [-0.2, -0.15) is 13.2 Å². The van der Waals surface area contributed by atoms with Gasteiger partial charge in [0.25, 0.3) is 0 Å². The van der Waals surface area contributed by atoms with Gasteiger partial charge in [-0.25, -0.2) is 4.39 Å². The standard InChI is InChI=1S/C15H10ClF4NO2/c1-7-2-3-9(6-10(7)14(21)22)23-13-11(16)4-8(5-12(13)17)15(18,19)20/h2-6H,1H3,(H2,21,22). The van der Waals surface area contributed by atoms with Crippen LogP contribution in [0.5, 0.6) is 11.5 Å². The Morgan fingerprint density at radius 3 is 2.39 bits per heavy atom. The molecular weight excluding hydrogens is 338 g/mol. The molecule has 0 atom stereocenters. The van der Waals surface area contributed by atoms with E-state index in [0.29, 0.717) is 11.6 Å². The van der Waals surface area contributed by atoms with Crippen LogP contribution in [0.25, 0.3) is 0 Å². The first-order valence-electron chi connectivity index (χ1n) is 6.24. The monoisotopic (exact) mass is 347 g/mol. The number of nitrogens with two attached hydrogens (primary N) is 1. The van der Waals surface area contributed by atoms with Crippen LogP contribution in [0.15, 0.2) is 30.3 Å². The topological polar surface area (TPSA) is 52.3 Å². The molecule has 122 valence electrons. The van der Waals surface area contributed by atoms with E-state index in [1.807, 2.05) is 0 Å². The van der Waals surface area contributed by atoms with Crippen molar-refractivity contribution in [1.29, 1.82) is 0 Å². The predicted octanol–water partition coefficient (Wildman–Crippen LogP) is 4.70. The van der Waals surface area contributed by atoms with Crippen molar-refractivity contribution < 1.29 is 27.1 Å². The van der Waals surface area contributed by atoms with Crippen LogP contribution in [0.3, 0.4) is 0 Å². The van der Waals surface area contributed by atoms with Gasteiger partial charge in [0, 0.05) is 5.56 Å². The first kappa shape index (κ1) is 17.1. The summed E-state index contributed by atoms with van der Waals surface area (Å²) < 4.78 is 56.8. The van der Waals surface area contributed by atoms with Gasteiger partial charge in [0.15, 0.2) is 11.6 Å². The van der Waals surface area contributed by atoms with Gasteiger partial charge in [-0.3, -0.25) is 4.79 Å². The summed E-state index contributed by atoms with van der Waals surface area (Å²) in [6, 6.07) is 5.01. The van der Waals surface area contributed by atoms with Crippen molar-refractivity contribution in [3.8, 4) is 11.5 Å². The Kier molecular flexibility index (Phi) is 4.51. The number of aryl methyl sites for hydroxylation is 1. The molecule has 0 saturated heterocycles. The lowest BCUT2D eigenvalue weighted by molar-refractivity contribution is -0.137. The summed E-state index contributed by atoms with van der Waals surface area (Å²) in [6.45, 7) is 1.63. The van der Waals surface area contributed by atoms with Crippen molar-refractivity contribution in [2.45, 2.75) is 13.1 Å². The fraction of sp³-hybridized carbons (Fsp3) is 0.133. The van der Waals surface area contributed by atoms with Crippen LogP contribution in [0, 0.1) is 12.7 Å². The third kappa shape index (κ3) is 3.73. The lowest BCUT2D eigenvalue weighted by Gasteiger charge is -2.13. The molecule has 0 fully saturated rings. The van der Waals surface area contributed by atoms with E-state index in [9.17, 15) is 22.4 Å². The van der Waals surface area contributed by atoms with Crippen molar-refractivity contribution in [1.82, 2.24) is 0 Å². The second-order valence-electron chi connectivity index (χ2n) is 4.71. The van der Waals surface area contributed by atoms with Gasteiger partial charge in [0.2, 0.25) is 5.91 Å². The summed E-state index contributed by atoms with van der Waals surface area (Å²) in [4.78, 5) is 11.3. The van der Waals surface area contributed by atoms with Crippen molar-refractivity contribution in [3.05, 3.63) is 57.9 Å². The number of carbonyl (C=O) groups excluding carboxylic acids is 1. The highest BCUT2D eigenvalue weighted by molar-refractivity contribution is 6.32. The van der Waals surface area contributed by atoms with Gasteiger partial charge in [-0.15, -0.1) is 0 Å². The maximum absolute atomic E-state index is 13.9. The SMILES string of the molecule is Cc1ccc(Oc2c(F)cc(C(F)(F)F)cc2Cl)cc1C(N)=O. The van der Waals surface area contributed by atoms with Crippen molar-refractivity contribution in [2.75, 3.05) is 0 Å². The molecule has 3 nitrogen and oxygen atoms in total. The van der Waals surface area contributed by atoms with E-state index < -0.39 is 34.2 Å². The molecule has 2 rings (SSSR count). The number of hydrogen-bond donors (Lipinski definition) is 1. The van der Waals surface area contributed by atoms with E-state index in [1.54, 1.807) is 6.92 Å². The molecule has 2 aromatic rings. The van der Waals surface area contributed by atoms with Crippen LogP contribution >= 0.6 is 11.6 Å². The predicted molar refractivity (Wildman–Crippen MR) is 76.2 cm³/mol. The van der Waals surface area contributed by atoms with Gasteiger partial charge < -0.3 is 10.5 Å². The number of hydrogen-bond acceptors (Lipinski definition) is 2. The molecule has 2 aromatic carbocycles. The largest absolute Gasteiger partial charge is 0.453 e. The molecule has 0 spiro atoms. The number of halogens is 5. The van der Waals surface area contributed by atoms with E-state index >= 15 is 0 Å². The molecule has 2 N–H and O–H groups in total. The number of primary amides is 1. The van der Waals surface area contributed by atoms with E-state index in [-0.39, 0.29) is 17.4 Å². The molecule has 0 saturated carbocycles. The van der Waals surface area contributed by atoms with Crippen LogP contribution in [0.4, 0.5) is 17.6 Å². The molecule has 0 aliphatic rings. The Bertz CT molecular complexity index is 752. The molecule has 23 heavy (non-hydrogen) atoms. The second-order valence-corrected chi connectivity index (χ2v) is 5.12. The quantitative estimate of drug-likeness (QED) is 0.818. The van der Waals surface area contributed by atoms with Crippen LogP contribution in [0.1, 0.15) is 21.5 Å². The number of rotatable bonds is 3. The first-order chi connectivity index (χ1) is 10.6. The molecule has 0 bridgehead atoms. The molecule has 8 heteroatoms. The number of ether oxygens (including phenoxy) is 1. The number of benzene rings is 2. The average molecular weight is 348 g/mol. The molecule has 0 heterocycles. The number of carbonyl (C=O) groups is 1. The summed E-state index contributed by atoms with van der Waals surface area (Å²) in [6.07, 6.45) is -4.73. The zero-order valence-corrected chi connectivity index (χ0v) is 12.4. The summed E-state index contributed by atoms with van der Waals surface area (Å²) in [5.41, 5.74) is 4.67. The van der Waals surface area contributed by atoms with E-state index in [2.05, 4.69) is 0 Å². The molecule has 0 aliphatic carbocycles. The number of amides is 1. The first-order valence-corrected chi connectivity index (χ1v) is 6.62. The number of alkyl halides is 3. The van der Waals surface area contributed by atoms with Crippen molar-refractivity contribution in [2.24, 2.45) is 5.73 Å². The van der Waals surface area contributed by atoms with Gasteiger partial charge >= 0.3 is 6.18 Å². The van der Waals surface area contributed by atoms with Crippen LogP contribution in [0.2, 0.25) is 5.02 Å². The molecule has 0 aromatic heterocycles. The zero-order valence-electron chi connectivity index (χ0n) is 11.7. The van der Waals surface area contributed by atoms with E-state index in [0.717, 1.165) is 0 Å². The highest BCUT2D eigenvalue weighted by Crippen LogP contribution is 2.38. The van der Waals surface area contributed by atoms with Crippen LogP contribution in [-0.2, 0) is 6.18 Å². The maximum Gasteiger partial charge on any atom is 0.416 e. The highest BCUT2D eigenvalue weighted by Gasteiger charge is 2.32. The Morgan fingerprint density at radius 2 is 1.87 bits per heavy atom. The minimum atomic E-state index is -4.73. The lowest BCUT2D eigenvalue weighted by atomic mass is 10.1. The van der Waals surface area contributed by atoms with Crippen molar-refractivity contribution in [3.63, 3.8) is 0 Å². The minimum Gasteiger partial charge on any atom is -0.453 e. The van der Waals surface area contributed by atoms with Crippen molar-refractivity contribution >= 4 is 17.5 Å². The van der Waals surface area contributed by atoms with Crippen LogP contribution in [-0.4, -0.2) is 5.91 Å². The van der Waals surface area contributed by atoms with Gasteiger partial charge in [-0.1, -0.05) is 17.7 Å². The maximum atomic E-state index is 13.9. The summed E-state index contributed by atoms with van der Waals surface area (Å²) >= 11 is 5.67. The molecule has 1 amide bonds.